The van der Waals surface area contributed by atoms with Crippen molar-refractivity contribution in [2.24, 2.45) is 10.7 Å². The minimum Gasteiger partial charge on any atom is -0.471 e. The molecule has 2 rings (SSSR count). The van der Waals surface area contributed by atoms with Crippen LogP contribution in [-0.2, 0) is 4.74 Å². The molecule has 1 saturated heterocycles. The molecular weight excluding hydrogens is 212 g/mol. The molecule has 1 aromatic rings. The maximum atomic E-state index is 10.5. The second-order valence-electron chi connectivity index (χ2n) is 3.04. The summed E-state index contributed by atoms with van der Waals surface area (Å²) in [6, 6.07) is 9.23. The van der Waals surface area contributed by atoms with Gasteiger partial charge in [0.2, 0.25) is 0 Å². The number of amides is 2. The normalized spacial score (nSPS) is 22.7. The number of hydrogen-bond donors (Lipinski definition) is 1. The van der Waals surface area contributed by atoms with E-state index in [4.69, 9.17) is 10.5 Å². The summed E-state index contributed by atoms with van der Waals surface area (Å²) in [5.74, 6) is 0. The van der Waals surface area contributed by atoms with Gasteiger partial charge in [-0.25, -0.2) is 4.79 Å². The van der Waals surface area contributed by atoms with Gasteiger partial charge < -0.3 is 10.5 Å². The second-order valence-corrected chi connectivity index (χ2v) is 4.20. The van der Waals surface area contributed by atoms with Gasteiger partial charge in [-0.2, -0.15) is 4.99 Å². The molecule has 15 heavy (non-hydrogen) atoms. The van der Waals surface area contributed by atoms with E-state index in [-0.39, 0.29) is 5.25 Å². The molecule has 0 saturated carbocycles. The Morgan fingerprint density at radius 2 is 2.20 bits per heavy atom. The Bertz CT molecular complexity index is 392. The predicted octanol–water partition coefficient (Wildman–Crippen LogP) is 1.93. The van der Waals surface area contributed by atoms with E-state index in [2.05, 4.69) is 4.99 Å². The molecule has 1 aromatic carbocycles. The minimum absolute atomic E-state index is 0.198. The third kappa shape index (κ3) is 2.50. The van der Waals surface area contributed by atoms with Gasteiger partial charge in [0.15, 0.2) is 0 Å². The Kier molecular flexibility index (Phi) is 2.91. The lowest BCUT2D eigenvalue weighted by Gasteiger charge is -2.03. The van der Waals surface area contributed by atoms with Crippen LogP contribution < -0.4 is 5.73 Å². The average molecular weight is 222 g/mol. The number of hydrogen-bond acceptors (Lipinski definition) is 3. The molecule has 5 heteroatoms. The maximum absolute atomic E-state index is 10.5. The second kappa shape index (κ2) is 4.35. The molecule has 1 unspecified atom stereocenters. The fourth-order valence-electron chi connectivity index (χ4n) is 1.32. The van der Waals surface area contributed by atoms with E-state index >= 15 is 0 Å². The number of nitrogens with two attached hydrogens (primary N) is 1. The zero-order valence-corrected chi connectivity index (χ0v) is 8.74. The van der Waals surface area contributed by atoms with Crippen LogP contribution in [0.3, 0.4) is 0 Å². The van der Waals surface area contributed by atoms with Crippen molar-refractivity contribution in [2.75, 3.05) is 6.61 Å². The van der Waals surface area contributed by atoms with Gasteiger partial charge >= 0.3 is 6.03 Å². The van der Waals surface area contributed by atoms with Crippen LogP contribution in [0.25, 0.3) is 0 Å². The molecule has 2 N–H and O–H groups in total. The van der Waals surface area contributed by atoms with E-state index in [1.807, 2.05) is 30.3 Å². The molecule has 1 aliphatic heterocycles. The molecule has 4 nitrogen and oxygen atoms in total. The van der Waals surface area contributed by atoms with Gasteiger partial charge in [-0.05, 0) is 5.56 Å². The van der Waals surface area contributed by atoms with Crippen molar-refractivity contribution in [1.29, 1.82) is 0 Å². The van der Waals surface area contributed by atoms with Crippen LogP contribution in [0.2, 0.25) is 0 Å². The monoisotopic (exact) mass is 222 g/mol. The molecule has 0 radical (unpaired) electrons. The lowest BCUT2D eigenvalue weighted by molar-refractivity contribution is 0.255. The van der Waals surface area contributed by atoms with Crippen molar-refractivity contribution in [2.45, 2.75) is 5.25 Å². The molecule has 0 aromatic heterocycles. The molecule has 1 aliphatic rings. The first-order valence-electron chi connectivity index (χ1n) is 4.48. The highest BCUT2D eigenvalue weighted by Gasteiger charge is 2.24. The van der Waals surface area contributed by atoms with E-state index in [1.165, 1.54) is 11.8 Å². The van der Waals surface area contributed by atoms with Crippen molar-refractivity contribution >= 4 is 23.0 Å². The average Bonchev–Trinajstić information content (AvgIpc) is 2.67. The number of rotatable bonds is 1. The van der Waals surface area contributed by atoms with Gasteiger partial charge in [0, 0.05) is 0 Å². The number of aliphatic imine (C=N–C) groups is 1. The highest BCUT2D eigenvalue weighted by molar-refractivity contribution is 8.14. The highest BCUT2D eigenvalue weighted by atomic mass is 32.2. The van der Waals surface area contributed by atoms with Crippen LogP contribution in [0, 0.1) is 0 Å². The van der Waals surface area contributed by atoms with E-state index < -0.39 is 6.03 Å². The zero-order chi connectivity index (χ0) is 10.7. The van der Waals surface area contributed by atoms with Crippen LogP contribution in [0.1, 0.15) is 10.8 Å². The summed E-state index contributed by atoms with van der Waals surface area (Å²) in [4.78, 5) is 14.1. The fourth-order valence-corrected chi connectivity index (χ4v) is 2.27. The third-order valence-electron chi connectivity index (χ3n) is 1.97. The predicted molar refractivity (Wildman–Crippen MR) is 59.7 cm³/mol. The third-order valence-corrected chi connectivity index (χ3v) is 3.08. The van der Waals surface area contributed by atoms with Crippen molar-refractivity contribution in [3.05, 3.63) is 35.9 Å². The number of urea groups is 1. The van der Waals surface area contributed by atoms with Crippen molar-refractivity contribution < 1.29 is 9.53 Å². The van der Waals surface area contributed by atoms with Gasteiger partial charge in [0.05, 0.1) is 5.25 Å². The maximum Gasteiger partial charge on any atom is 0.342 e. The summed E-state index contributed by atoms with van der Waals surface area (Å²) in [6.07, 6.45) is 0. The van der Waals surface area contributed by atoms with Gasteiger partial charge in [0.25, 0.3) is 5.23 Å². The van der Waals surface area contributed by atoms with Gasteiger partial charge in [0.1, 0.15) is 6.61 Å². The number of nitrogens with zero attached hydrogens (tertiary/aromatic N) is 1. The van der Waals surface area contributed by atoms with E-state index in [0.717, 1.165) is 5.56 Å². The molecule has 0 bridgehead atoms. The summed E-state index contributed by atoms with van der Waals surface area (Å²) in [6.45, 7) is 0.529. The number of primary amides is 1. The zero-order valence-electron chi connectivity index (χ0n) is 7.92. The lowest BCUT2D eigenvalue weighted by Crippen LogP contribution is -2.07. The highest BCUT2D eigenvalue weighted by Crippen LogP contribution is 2.36. The standard InChI is InChI=1S/C10H10N2O2S/c11-9(13)12-10-14-6-8(15-10)7-4-2-1-3-5-7/h1-5,8H,6H2,(H2,11,13)/b12-10+. The van der Waals surface area contributed by atoms with Crippen LogP contribution >= 0.6 is 11.8 Å². The number of carbonyl (C=O) groups is 1. The Morgan fingerprint density at radius 3 is 2.87 bits per heavy atom. The first-order chi connectivity index (χ1) is 7.25. The van der Waals surface area contributed by atoms with Crippen molar-refractivity contribution in [1.82, 2.24) is 0 Å². The van der Waals surface area contributed by atoms with Crippen LogP contribution in [0.15, 0.2) is 35.3 Å². The quantitative estimate of drug-likeness (QED) is 0.789. The Balaban J connectivity index is 2.08. The minimum atomic E-state index is -0.716. The summed E-state index contributed by atoms with van der Waals surface area (Å²) in [7, 11) is 0. The molecule has 1 heterocycles. The van der Waals surface area contributed by atoms with Gasteiger partial charge in [-0.15, -0.1) is 0 Å². The smallest absolute Gasteiger partial charge is 0.342 e. The van der Waals surface area contributed by atoms with Crippen LogP contribution in [-0.4, -0.2) is 17.9 Å². The van der Waals surface area contributed by atoms with Crippen LogP contribution in [0.4, 0.5) is 4.79 Å². The van der Waals surface area contributed by atoms with Gasteiger partial charge in [-0.3, -0.25) is 0 Å². The lowest BCUT2D eigenvalue weighted by atomic mass is 10.2. The van der Waals surface area contributed by atoms with Crippen molar-refractivity contribution in [3.8, 4) is 0 Å². The summed E-state index contributed by atoms with van der Waals surface area (Å²) in [5, 5.41) is 0.556. The molecule has 1 atom stereocenters. The molecular formula is C10H10N2O2S. The topological polar surface area (TPSA) is 64.7 Å². The van der Waals surface area contributed by atoms with E-state index in [9.17, 15) is 4.79 Å². The molecule has 0 aliphatic carbocycles. The fraction of sp³-hybridized carbons (Fsp3) is 0.200. The Morgan fingerprint density at radius 1 is 1.47 bits per heavy atom. The largest absolute Gasteiger partial charge is 0.471 e. The van der Waals surface area contributed by atoms with E-state index in [0.29, 0.717) is 11.8 Å². The molecule has 1 fully saturated rings. The number of benzene rings is 1. The van der Waals surface area contributed by atoms with Gasteiger partial charge in [-0.1, -0.05) is 42.1 Å². The SMILES string of the molecule is NC(=O)/N=C1\OCC(c2ccccc2)S1. The summed E-state index contributed by atoms with van der Waals surface area (Å²) < 4.78 is 5.24. The Labute approximate surface area is 91.5 Å². The van der Waals surface area contributed by atoms with E-state index in [1.54, 1.807) is 0 Å². The number of ether oxygens (including phenoxy) is 1. The first-order valence-corrected chi connectivity index (χ1v) is 5.36. The Hall–Kier alpha value is -1.49. The summed E-state index contributed by atoms with van der Waals surface area (Å²) >= 11 is 1.42. The molecule has 78 valence electrons. The molecule has 0 spiro atoms. The summed E-state index contributed by atoms with van der Waals surface area (Å²) in [5.41, 5.74) is 6.10. The van der Waals surface area contributed by atoms with Crippen molar-refractivity contribution in [3.63, 3.8) is 0 Å². The number of thioether (sulfide) groups is 1. The molecule has 2 amide bonds. The van der Waals surface area contributed by atoms with Crippen LogP contribution in [0.5, 0.6) is 0 Å². The number of carbonyl (C=O) groups excluding carboxylic acids is 1. The first kappa shape index (κ1) is 10.0.